The fourth-order valence-electron chi connectivity index (χ4n) is 2.23. The van der Waals surface area contributed by atoms with Gasteiger partial charge in [0.2, 0.25) is 5.91 Å². The number of amides is 1. The van der Waals surface area contributed by atoms with Crippen LogP contribution in [0.2, 0.25) is 0 Å². The SMILES string of the molecule is CCOc1cc(CC(=O)N2CCOCC2)ccc1C(=O)O. The molecule has 1 aliphatic heterocycles. The Labute approximate surface area is 123 Å². The van der Waals surface area contributed by atoms with E-state index in [1.54, 1.807) is 24.0 Å². The minimum Gasteiger partial charge on any atom is -0.493 e. The molecule has 2 rings (SSSR count). The Kier molecular flexibility index (Phi) is 5.16. The van der Waals surface area contributed by atoms with Gasteiger partial charge in [0.15, 0.2) is 0 Å². The van der Waals surface area contributed by atoms with Crippen molar-refractivity contribution in [3.8, 4) is 5.75 Å². The lowest BCUT2D eigenvalue weighted by atomic mass is 10.1. The molecule has 0 radical (unpaired) electrons. The van der Waals surface area contributed by atoms with Crippen molar-refractivity contribution in [3.05, 3.63) is 29.3 Å². The molecule has 1 saturated heterocycles. The summed E-state index contributed by atoms with van der Waals surface area (Å²) in [4.78, 5) is 25.0. The Morgan fingerprint density at radius 3 is 2.67 bits per heavy atom. The lowest BCUT2D eigenvalue weighted by Gasteiger charge is -2.27. The molecule has 1 N–H and O–H groups in total. The number of carbonyl (C=O) groups is 2. The highest BCUT2D eigenvalue weighted by molar-refractivity contribution is 5.91. The number of aromatic carboxylic acids is 1. The van der Waals surface area contributed by atoms with Crippen molar-refractivity contribution in [1.82, 2.24) is 4.90 Å². The van der Waals surface area contributed by atoms with Gasteiger partial charge in [-0.3, -0.25) is 4.79 Å². The van der Waals surface area contributed by atoms with Crippen LogP contribution in [0.25, 0.3) is 0 Å². The molecule has 21 heavy (non-hydrogen) atoms. The molecule has 1 amide bonds. The number of carbonyl (C=O) groups excluding carboxylic acids is 1. The van der Waals surface area contributed by atoms with Crippen molar-refractivity contribution in [2.45, 2.75) is 13.3 Å². The first-order valence-electron chi connectivity index (χ1n) is 6.96. The molecule has 1 aromatic carbocycles. The van der Waals surface area contributed by atoms with Gasteiger partial charge in [-0.1, -0.05) is 6.07 Å². The fourth-order valence-corrected chi connectivity index (χ4v) is 2.23. The summed E-state index contributed by atoms with van der Waals surface area (Å²) in [6, 6.07) is 4.77. The van der Waals surface area contributed by atoms with Crippen LogP contribution in [-0.4, -0.2) is 54.8 Å². The summed E-state index contributed by atoms with van der Waals surface area (Å²) in [5.41, 5.74) is 0.861. The Morgan fingerprint density at radius 2 is 2.05 bits per heavy atom. The molecule has 1 heterocycles. The molecule has 0 saturated carbocycles. The smallest absolute Gasteiger partial charge is 0.339 e. The van der Waals surface area contributed by atoms with E-state index in [4.69, 9.17) is 14.6 Å². The third-order valence-corrected chi connectivity index (χ3v) is 3.30. The first kappa shape index (κ1) is 15.3. The molecule has 0 atom stereocenters. The monoisotopic (exact) mass is 293 g/mol. The van der Waals surface area contributed by atoms with Gasteiger partial charge in [0.1, 0.15) is 11.3 Å². The van der Waals surface area contributed by atoms with Gasteiger partial charge in [-0.2, -0.15) is 0 Å². The molecule has 0 aromatic heterocycles. The lowest BCUT2D eigenvalue weighted by Crippen LogP contribution is -2.41. The second kappa shape index (κ2) is 7.08. The number of morpholine rings is 1. The van der Waals surface area contributed by atoms with Crippen molar-refractivity contribution >= 4 is 11.9 Å². The highest BCUT2D eigenvalue weighted by Gasteiger charge is 2.18. The fraction of sp³-hybridized carbons (Fsp3) is 0.467. The first-order valence-corrected chi connectivity index (χ1v) is 6.96. The van der Waals surface area contributed by atoms with E-state index in [2.05, 4.69) is 0 Å². The van der Waals surface area contributed by atoms with Crippen LogP contribution in [0.1, 0.15) is 22.8 Å². The first-order chi connectivity index (χ1) is 10.1. The van der Waals surface area contributed by atoms with Gasteiger partial charge >= 0.3 is 5.97 Å². The molecule has 114 valence electrons. The van der Waals surface area contributed by atoms with E-state index in [1.165, 1.54) is 6.07 Å². The van der Waals surface area contributed by atoms with Gasteiger partial charge in [-0.15, -0.1) is 0 Å². The van der Waals surface area contributed by atoms with Crippen LogP contribution in [0.3, 0.4) is 0 Å². The van der Waals surface area contributed by atoms with Crippen LogP contribution < -0.4 is 4.74 Å². The zero-order valence-corrected chi connectivity index (χ0v) is 12.0. The van der Waals surface area contributed by atoms with E-state index in [9.17, 15) is 9.59 Å². The highest BCUT2D eigenvalue weighted by atomic mass is 16.5. The summed E-state index contributed by atoms with van der Waals surface area (Å²) < 4.78 is 10.6. The molecular weight excluding hydrogens is 274 g/mol. The summed E-state index contributed by atoms with van der Waals surface area (Å²) in [7, 11) is 0. The van der Waals surface area contributed by atoms with Crippen molar-refractivity contribution < 1.29 is 24.2 Å². The van der Waals surface area contributed by atoms with Crippen LogP contribution in [0.4, 0.5) is 0 Å². The quantitative estimate of drug-likeness (QED) is 0.882. The summed E-state index contributed by atoms with van der Waals surface area (Å²) in [6.45, 7) is 4.49. The van der Waals surface area contributed by atoms with Crippen molar-refractivity contribution in [3.63, 3.8) is 0 Å². The van der Waals surface area contributed by atoms with Gasteiger partial charge in [0.05, 0.1) is 26.2 Å². The Bertz CT molecular complexity index is 523. The number of carboxylic acids is 1. The van der Waals surface area contributed by atoms with Crippen molar-refractivity contribution in [2.75, 3.05) is 32.9 Å². The highest BCUT2D eigenvalue weighted by Crippen LogP contribution is 2.21. The minimum atomic E-state index is -1.04. The topological polar surface area (TPSA) is 76.1 Å². The number of nitrogens with zero attached hydrogens (tertiary/aromatic N) is 1. The predicted molar refractivity (Wildman–Crippen MR) is 75.7 cm³/mol. The number of hydrogen-bond acceptors (Lipinski definition) is 4. The summed E-state index contributed by atoms with van der Waals surface area (Å²) >= 11 is 0. The maximum atomic E-state index is 12.2. The molecule has 6 heteroatoms. The number of rotatable bonds is 5. The van der Waals surface area contributed by atoms with Crippen LogP contribution in [0, 0.1) is 0 Å². The Balaban J connectivity index is 2.10. The molecular formula is C15H19NO5. The molecule has 0 aliphatic carbocycles. The standard InChI is InChI=1S/C15H19NO5/c1-2-21-13-9-11(3-4-12(13)15(18)19)10-14(17)16-5-7-20-8-6-16/h3-4,9H,2,5-8,10H2,1H3,(H,18,19). The molecule has 0 spiro atoms. The average molecular weight is 293 g/mol. The maximum Gasteiger partial charge on any atom is 0.339 e. The third kappa shape index (κ3) is 3.95. The van der Waals surface area contributed by atoms with Crippen molar-refractivity contribution in [2.24, 2.45) is 0 Å². The van der Waals surface area contributed by atoms with E-state index >= 15 is 0 Å². The maximum absolute atomic E-state index is 12.2. The van der Waals surface area contributed by atoms with Gasteiger partial charge < -0.3 is 19.5 Å². The number of hydrogen-bond donors (Lipinski definition) is 1. The Hall–Kier alpha value is -2.08. The second-order valence-electron chi connectivity index (χ2n) is 4.74. The molecule has 0 bridgehead atoms. The second-order valence-corrected chi connectivity index (χ2v) is 4.74. The van der Waals surface area contributed by atoms with Crippen LogP contribution in [0.5, 0.6) is 5.75 Å². The van der Waals surface area contributed by atoms with E-state index in [0.717, 1.165) is 5.56 Å². The molecule has 1 aliphatic rings. The summed E-state index contributed by atoms with van der Waals surface area (Å²) in [6.07, 6.45) is 0.236. The lowest BCUT2D eigenvalue weighted by molar-refractivity contribution is -0.134. The molecule has 6 nitrogen and oxygen atoms in total. The zero-order valence-electron chi connectivity index (χ0n) is 12.0. The van der Waals surface area contributed by atoms with Crippen molar-refractivity contribution in [1.29, 1.82) is 0 Å². The minimum absolute atomic E-state index is 0.0174. The largest absolute Gasteiger partial charge is 0.493 e. The normalized spacial score (nSPS) is 14.8. The van der Waals surface area contributed by atoms with Gasteiger partial charge in [-0.25, -0.2) is 4.79 Å². The van der Waals surface area contributed by atoms with Gasteiger partial charge in [-0.05, 0) is 24.6 Å². The predicted octanol–water partition coefficient (Wildman–Crippen LogP) is 1.18. The molecule has 1 aromatic rings. The Morgan fingerprint density at radius 1 is 1.33 bits per heavy atom. The molecule has 1 fully saturated rings. The number of ether oxygens (including phenoxy) is 2. The zero-order chi connectivity index (χ0) is 15.2. The summed E-state index contributed by atoms with van der Waals surface area (Å²) in [5.74, 6) is -0.717. The van der Waals surface area contributed by atoms with Gasteiger partial charge in [0.25, 0.3) is 0 Å². The number of benzene rings is 1. The van der Waals surface area contributed by atoms with E-state index in [1.807, 2.05) is 0 Å². The van der Waals surface area contributed by atoms with E-state index in [-0.39, 0.29) is 17.9 Å². The number of carboxylic acid groups (broad SMARTS) is 1. The molecule has 0 unspecified atom stereocenters. The van der Waals surface area contributed by atoms with Crippen LogP contribution in [-0.2, 0) is 16.0 Å². The van der Waals surface area contributed by atoms with E-state index in [0.29, 0.717) is 38.7 Å². The average Bonchev–Trinajstić information content (AvgIpc) is 2.48. The summed E-state index contributed by atoms with van der Waals surface area (Å²) in [5, 5.41) is 9.10. The third-order valence-electron chi connectivity index (χ3n) is 3.30. The van der Waals surface area contributed by atoms with Gasteiger partial charge in [0, 0.05) is 13.1 Å². The van der Waals surface area contributed by atoms with E-state index < -0.39 is 5.97 Å². The van der Waals surface area contributed by atoms with Crippen LogP contribution in [0.15, 0.2) is 18.2 Å². The van der Waals surface area contributed by atoms with Crippen LogP contribution >= 0.6 is 0 Å².